The zero-order chi connectivity index (χ0) is 37.9. The summed E-state index contributed by atoms with van der Waals surface area (Å²) in [6.45, 7) is 0.927. The van der Waals surface area contributed by atoms with Crippen molar-refractivity contribution in [3.63, 3.8) is 0 Å². The summed E-state index contributed by atoms with van der Waals surface area (Å²) in [6, 6.07) is -2.51. The fourth-order valence-electron chi connectivity index (χ4n) is 6.50. The van der Waals surface area contributed by atoms with Crippen molar-refractivity contribution in [3.8, 4) is 0 Å². The van der Waals surface area contributed by atoms with Crippen molar-refractivity contribution in [1.29, 1.82) is 0 Å². The SMILES string of the molecule is CC(=O)NC1C(O)[C@H](O[C@@H]2OC(CO[C@H]3OC(CO)[C@@H](O)C(O)C3O)[C@@H](O)C(O)C2O)C(CO)O[C@H]1O[C@@H]1C(CO)O[C@@H](C)C(NC(C)=O)C1O. The van der Waals surface area contributed by atoms with Crippen LogP contribution in [0.2, 0.25) is 0 Å². The maximum atomic E-state index is 12.2. The quantitative estimate of drug-likeness (QED) is 0.0881. The summed E-state index contributed by atoms with van der Waals surface area (Å²) >= 11 is 0. The van der Waals surface area contributed by atoms with Crippen LogP contribution in [-0.2, 0) is 42.7 Å². The first-order valence-electron chi connectivity index (χ1n) is 16.4. The highest BCUT2D eigenvalue weighted by molar-refractivity contribution is 5.73. The van der Waals surface area contributed by atoms with E-state index < -0.39 is 161 Å². The van der Waals surface area contributed by atoms with Crippen molar-refractivity contribution in [2.45, 2.75) is 143 Å². The lowest BCUT2D eigenvalue weighted by Crippen LogP contribution is -2.70. The zero-order valence-electron chi connectivity index (χ0n) is 28.0. The Morgan fingerprint density at radius 3 is 1.51 bits per heavy atom. The first-order valence-corrected chi connectivity index (χ1v) is 16.4. The van der Waals surface area contributed by atoms with Crippen molar-refractivity contribution in [2.24, 2.45) is 0 Å². The fraction of sp³-hybridized carbons (Fsp3) is 0.931. The largest absolute Gasteiger partial charge is 0.394 e. The normalized spacial score (nSPS) is 47.8. The number of amides is 2. The summed E-state index contributed by atoms with van der Waals surface area (Å²) in [5.41, 5.74) is 0. The van der Waals surface area contributed by atoms with E-state index in [1.54, 1.807) is 6.92 Å². The Morgan fingerprint density at radius 2 is 0.961 bits per heavy atom. The van der Waals surface area contributed by atoms with Gasteiger partial charge in [-0.15, -0.1) is 0 Å². The van der Waals surface area contributed by atoms with Gasteiger partial charge in [-0.1, -0.05) is 0 Å². The van der Waals surface area contributed by atoms with Gasteiger partial charge in [0.25, 0.3) is 0 Å². The summed E-state index contributed by atoms with van der Waals surface area (Å²) in [5, 5.41) is 119. The van der Waals surface area contributed by atoms with Crippen LogP contribution in [0.4, 0.5) is 0 Å². The summed E-state index contributed by atoms with van der Waals surface area (Å²) in [5.74, 6) is -1.19. The molecule has 4 rings (SSSR count). The van der Waals surface area contributed by atoms with Gasteiger partial charge in [0.05, 0.1) is 38.6 Å². The highest BCUT2D eigenvalue weighted by Gasteiger charge is 2.54. The number of ether oxygens (including phenoxy) is 7. The molecule has 4 fully saturated rings. The molecule has 4 saturated heterocycles. The van der Waals surface area contributed by atoms with Gasteiger partial charge in [0.15, 0.2) is 18.9 Å². The Kier molecular flexibility index (Phi) is 14.8. The molecule has 0 aromatic heterocycles. The third kappa shape index (κ3) is 9.30. The average molecular weight is 747 g/mol. The molecule has 2 amide bonds. The topological polar surface area (TPSA) is 345 Å². The van der Waals surface area contributed by atoms with E-state index in [-0.39, 0.29) is 0 Å². The highest BCUT2D eigenvalue weighted by Crippen LogP contribution is 2.33. The molecule has 13 N–H and O–H groups in total. The molecule has 4 aliphatic heterocycles. The number of carbonyl (C=O) groups is 2. The Hall–Kier alpha value is -1.78. The molecule has 51 heavy (non-hydrogen) atoms. The maximum absolute atomic E-state index is 12.2. The third-order valence-corrected chi connectivity index (χ3v) is 9.26. The molecule has 0 bridgehead atoms. The van der Waals surface area contributed by atoms with Crippen LogP contribution in [0.3, 0.4) is 0 Å². The second kappa shape index (κ2) is 18.0. The maximum Gasteiger partial charge on any atom is 0.217 e. The Morgan fingerprint density at radius 1 is 0.529 bits per heavy atom. The van der Waals surface area contributed by atoms with Gasteiger partial charge in [-0.25, -0.2) is 0 Å². The molecule has 0 aromatic rings. The van der Waals surface area contributed by atoms with Crippen LogP contribution in [0.15, 0.2) is 0 Å². The molecule has 4 heterocycles. The number of hydrogen-bond donors (Lipinski definition) is 13. The lowest BCUT2D eigenvalue weighted by molar-refractivity contribution is -0.363. The van der Waals surface area contributed by atoms with E-state index >= 15 is 0 Å². The van der Waals surface area contributed by atoms with Crippen molar-refractivity contribution in [2.75, 3.05) is 26.4 Å². The van der Waals surface area contributed by atoms with Crippen LogP contribution in [-0.4, -0.2) is 217 Å². The van der Waals surface area contributed by atoms with Gasteiger partial charge in [0.2, 0.25) is 11.8 Å². The minimum absolute atomic E-state index is 0.496. The van der Waals surface area contributed by atoms with E-state index in [1.165, 1.54) is 6.92 Å². The fourth-order valence-corrected chi connectivity index (χ4v) is 6.50. The number of rotatable bonds is 12. The zero-order valence-corrected chi connectivity index (χ0v) is 28.0. The number of carbonyl (C=O) groups excluding carboxylic acids is 2. The third-order valence-electron chi connectivity index (χ3n) is 9.26. The predicted molar refractivity (Wildman–Crippen MR) is 161 cm³/mol. The molecule has 0 aliphatic carbocycles. The molecule has 0 spiro atoms. The van der Waals surface area contributed by atoms with Crippen LogP contribution in [0.5, 0.6) is 0 Å². The summed E-state index contributed by atoms with van der Waals surface area (Å²) in [7, 11) is 0. The van der Waals surface area contributed by atoms with E-state index in [9.17, 15) is 65.8 Å². The van der Waals surface area contributed by atoms with Gasteiger partial charge in [0, 0.05) is 13.8 Å². The molecule has 0 aromatic carbocycles. The van der Waals surface area contributed by atoms with Crippen LogP contribution in [0.25, 0.3) is 0 Å². The summed E-state index contributed by atoms with van der Waals surface area (Å²) < 4.78 is 39.6. The molecule has 296 valence electrons. The van der Waals surface area contributed by atoms with Crippen molar-refractivity contribution < 1.29 is 98.9 Å². The van der Waals surface area contributed by atoms with Gasteiger partial charge in [-0.05, 0) is 6.92 Å². The van der Waals surface area contributed by atoms with Crippen LogP contribution in [0, 0.1) is 0 Å². The van der Waals surface area contributed by atoms with Crippen molar-refractivity contribution in [3.05, 3.63) is 0 Å². The standard InChI is InChI=1S/C29H50N2O20/c1-8-15(30-9(2)35)19(39)25(12(5-33)46-8)50-27-16(31-10(3)36)20(40)26(13(6-34)48-27)51-29-24(44)22(42)18(38)14(49-29)7-45-28-23(43)21(41)17(37)11(4-32)47-28/h8,11-29,32-34,37-44H,4-7H2,1-3H3,(H,30,35)(H,31,36)/t8-,11?,12?,13?,14?,15?,16?,17+,18+,19?,20?,21?,22?,23?,24?,25+,26+,27-,28-,29-/m0/s1. The first kappa shape index (κ1) is 42.0. The lowest BCUT2D eigenvalue weighted by atomic mass is 9.92. The molecule has 22 heteroatoms. The first-order chi connectivity index (χ1) is 24.0. The average Bonchev–Trinajstić information content (AvgIpc) is 3.09. The van der Waals surface area contributed by atoms with E-state index in [0.29, 0.717) is 0 Å². The summed E-state index contributed by atoms with van der Waals surface area (Å²) in [6.07, 6.45) is -28.8. The van der Waals surface area contributed by atoms with Gasteiger partial charge < -0.3 is 100.0 Å². The monoisotopic (exact) mass is 746 g/mol. The van der Waals surface area contributed by atoms with Gasteiger partial charge in [0.1, 0.15) is 91.5 Å². The van der Waals surface area contributed by atoms with Crippen LogP contribution < -0.4 is 10.6 Å². The van der Waals surface area contributed by atoms with Gasteiger partial charge in [-0.2, -0.15) is 0 Å². The molecular formula is C29H50N2O20. The number of aliphatic hydroxyl groups is 11. The molecule has 0 radical (unpaired) electrons. The Balaban J connectivity index is 1.50. The van der Waals surface area contributed by atoms with Crippen molar-refractivity contribution >= 4 is 11.8 Å². The highest BCUT2D eigenvalue weighted by atomic mass is 16.8. The molecule has 0 saturated carbocycles. The smallest absolute Gasteiger partial charge is 0.217 e. The lowest BCUT2D eigenvalue weighted by Gasteiger charge is -2.49. The number of hydrogen-bond acceptors (Lipinski definition) is 20. The van der Waals surface area contributed by atoms with E-state index in [1.807, 2.05) is 0 Å². The van der Waals surface area contributed by atoms with Crippen LogP contribution >= 0.6 is 0 Å². The van der Waals surface area contributed by atoms with E-state index in [2.05, 4.69) is 10.6 Å². The molecule has 4 aliphatic rings. The van der Waals surface area contributed by atoms with E-state index in [0.717, 1.165) is 6.92 Å². The predicted octanol–water partition coefficient (Wildman–Crippen LogP) is -8.39. The van der Waals surface area contributed by atoms with Crippen LogP contribution in [0.1, 0.15) is 20.8 Å². The number of aliphatic hydroxyl groups excluding tert-OH is 11. The van der Waals surface area contributed by atoms with Gasteiger partial charge in [-0.3, -0.25) is 9.59 Å². The molecule has 12 unspecified atom stereocenters. The summed E-state index contributed by atoms with van der Waals surface area (Å²) in [4.78, 5) is 24.0. The second-order valence-electron chi connectivity index (χ2n) is 13.0. The Bertz CT molecular complexity index is 1140. The number of nitrogens with one attached hydrogen (secondary N) is 2. The molecule has 20 atom stereocenters. The Labute approximate surface area is 291 Å². The van der Waals surface area contributed by atoms with Crippen molar-refractivity contribution in [1.82, 2.24) is 10.6 Å². The minimum atomic E-state index is -1.98. The molecule has 22 nitrogen and oxygen atoms in total. The minimum Gasteiger partial charge on any atom is -0.394 e. The van der Waals surface area contributed by atoms with E-state index in [4.69, 9.17) is 33.2 Å². The van der Waals surface area contributed by atoms with Gasteiger partial charge >= 0.3 is 0 Å². The molecular weight excluding hydrogens is 696 g/mol. The second-order valence-corrected chi connectivity index (χ2v) is 13.0.